The molecule has 0 radical (unpaired) electrons. The third-order valence-corrected chi connectivity index (χ3v) is 2.16. The van der Waals surface area contributed by atoms with Crippen LogP contribution in [0.3, 0.4) is 0 Å². The zero-order valence-corrected chi connectivity index (χ0v) is 12.6. The van der Waals surface area contributed by atoms with Crippen molar-refractivity contribution in [3.63, 3.8) is 0 Å². The van der Waals surface area contributed by atoms with Crippen LogP contribution in [0.15, 0.2) is 0 Å². The van der Waals surface area contributed by atoms with Gasteiger partial charge in [0.15, 0.2) is 5.03 Å². The third-order valence-electron chi connectivity index (χ3n) is 2.16. The van der Waals surface area contributed by atoms with Crippen molar-refractivity contribution in [2.24, 2.45) is 0 Å². The Labute approximate surface area is 127 Å². The number of carboxylic acids is 1. The molecule has 22 heavy (non-hydrogen) atoms. The van der Waals surface area contributed by atoms with Gasteiger partial charge < -0.3 is 20.5 Å². The molecule has 0 bridgehead atoms. The van der Waals surface area contributed by atoms with Gasteiger partial charge >= 0.3 is 12.1 Å². The SMILES string of the molecule is CC(C)(C)OC(=O)N[C@@H](CCCNC(=N)N[N+](=O)[O-])C(=O)O. The Balaban J connectivity index is 4.16. The summed E-state index contributed by atoms with van der Waals surface area (Å²) in [5, 5.41) is 29.9. The number of rotatable bonds is 7. The van der Waals surface area contributed by atoms with Gasteiger partial charge in [-0.2, -0.15) is 0 Å². The van der Waals surface area contributed by atoms with Crippen molar-refractivity contribution in [3.8, 4) is 0 Å². The Morgan fingerprint density at radius 2 is 2.00 bits per heavy atom. The van der Waals surface area contributed by atoms with Gasteiger partial charge in [-0.1, -0.05) is 5.43 Å². The molecule has 1 amide bonds. The molecule has 0 heterocycles. The van der Waals surface area contributed by atoms with E-state index in [1.54, 1.807) is 26.2 Å². The van der Waals surface area contributed by atoms with E-state index >= 15 is 0 Å². The van der Waals surface area contributed by atoms with Gasteiger partial charge in [0, 0.05) is 6.54 Å². The molecule has 0 unspecified atom stereocenters. The molecule has 0 fully saturated rings. The van der Waals surface area contributed by atoms with Gasteiger partial charge in [-0.3, -0.25) is 5.41 Å². The minimum atomic E-state index is -1.22. The molecular formula is C11H21N5O6. The van der Waals surface area contributed by atoms with E-state index in [4.69, 9.17) is 15.3 Å². The number of alkyl carbamates (subject to hydrolysis) is 1. The summed E-state index contributed by atoms with van der Waals surface area (Å²) in [5.41, 5.74) is 0.862. The molecule has 0 saturated heterocycles. The van der Waals surface area contributed by atoms with E-state index in [1.807, 2.05) is 0 Å². The van der Waals surface area contributed by atoms with Crippen molar-refractivity contribution in [3.05, 3.63) is 10.1 Å². The molecule has 0 aromatic heterocycles. The largest absolute Gasteiger partial charge is 0.480 e. The van der Waals surface area contributed by atoms with E-state index in [9.17, 15) is 19.7 Å². The molecule has 5 N–H and O–H groups in total. The highest BCUT2D eigenvalue weighted by Crippen LogP contribution is 2.07. The van der Waals surface area contributed by atoms with Gasteiger partial charge in [-0.15, -0.1) is 0 Å². The van der Waals surface area contributed by atoms with Crippen molar-refractivity contribution in [1.29, 1.82) is 5.41 Å². The molecule has 0 aliphatic rings. The number of hydrogen-bond donors (Lipinski definition) is 5. The van der Waals surface area contributed by atoms with E-state index < -0.39 is 34.7 Å². The van der Waals surface area contributed by atoms with Crippen LogP contribution >= 0.6 is 0 Å². The van der Waals surface area contributed by atoms with Crippen molar-refractivity contribution in [1.82, 2.24) is 16.1 Å². The fourth-order valence-electron chi connectivity index (χ4n) is 1.36. The van der Waals surface area contributed by atoms with Gasteiger partial charge in [0.2, 0.25) is 0 Å². The lowest BCUT2D eigenvalue weighted by molar-refractivity contribution is -0.525. The van der Waals surface area contributed by atoms with Crippen molar-refractivity contribution in [2.45, 2.75) is 45.3 Å². The maximum atomic E-state index is 11.5. The quantitative estimate of drug-likeness (QED) is 0.144. The molecule has 126 valence electrons. The maximum absolute atomic E-state index is 11.5. The summed E-state index contributed by atoms with van der Waals surface area (Å²) in [6, 6.07) is -1.14. The van der Waals surface area contributed by atoms with Crippen LogP contribution in [-0.2, 0) is 9.53 Å². The first-order valence-electron chi connectivity index (χ1n) is 6.47. The van der Waals surface area contributed by atoms with Crippen LogP contribution in [0.25, 0.3) is 0 Å². The van der Waals surface area contributed by atoms with Gasteiger partial charge in [0.1, 0.15) is 11.6 Å². The molecule has 0 saturated carbocycles. The number of amides is 1. The standard InChI is InChI=1S/C11H21N5O6/c1-11(2,3)22-10(19)14-7(8(17)18)5-4-6-13-9(12)15-16(20)21/h7H,4-6H2,1-3H3,(H,14,19)(H,17,18)(H3,12,13,15)/t7-/m0/s1. The van der Waals surface area contributed by atoms with Crippen LogP contribution in [0.1, 0.15) is 33.6 Å². The van der Waals surface area contributed by atoms with Crippen LogP contribution in [0.4, 0.5) is 4.79 Å². The lowest BCUT2D eigenvalue weighted by atomic mass is 10.1. The van der Waals surface area contributed by atoms with E-state index in [0.29, 0.717) is 0 Å². The summed E-state index contributed by atoms with van der Waals surface area (Å²) in [6.07, 6.45) is -0.488. The Morgan fingerprint density at radius 1 is 1.41 bits per heavy atom. The van der Waals surface area contributed by atoms with Crippen LogP contribution in [0, 0.1) is 15.5 Å². The smallest absolute Gasteiger partial charge is 0.408 e. The summed E-state index contributed by atoms with van der Waals surface area (Å²) in [4.78, 5) is 32.6. The summed E-state index contributed by atoms with van der Waals surface area (Å²) in [7, 11) is 0. The van der Waals surface area contributed by atoms with E-state index in [-0.39, 0.29) is 19.4 Å². The first-order chi connectivity index (χ1) is 10.0. The van der Waals surface area contributed by atoms with E-state index in [0.717, 1.165) is 0 Å². The van der Waals surface area contributed by atoms with Crippen LogP contribution in [0.2, 0.25) is 0 Å². The third kappa shape index (κ3) is 10.2. The van der Waals surface area contributed by atoms with Crippen LogP contribution < -0.4 is 16.1 Å². The van der Waals surface area contributed by atoms with Gasteiger partial charge in [-0.25, -0.2) is 19.7 Å². The second kappa shape index (κ2) is 8.64. The fraction of sp³-hybridized carbons (Fsp3) is 0.727. The number of hydrazine groups is 1. The highest BCUT2D eigenvalue weighted by Gasteiger charge is 2.23. The summed E-state index contributed by atoms with van der Waals surface area (Å²) in [6.45, 7) is 5.10. The summed E-state index contributed by atoms with van der Waals surface area (Å²) >= 11 is 0. The topological polar surface area (TPSA) is 167 Å². The normalized spacial score (nSPS) is 12.0. The van der Waals surface area contributed by atoms with Crippen LogP contribution in [0.5, 0.6) is 0 Å². The monoisotopic (exact) mass is 319 g/mol. The molecule has 0 spiro atoms. The number of hydrogen-bond acceptors (Lipinski definition) is 6. The highest BCUT2D eigenvalue weighted by atomic mass is 16.7. The number of nitro groups is 1. The number of carbonyl (C=O) groups is 2. The van der Waals surface area contributed by atoms with Crippen molar-refractivity contribution < 1.29 is 24.5 Å². The van der Waals surface area contributed by atoms with Crippen LogP contribution in [-0.4, -0.2) is 46.3 Å². The maximum Gasteiger partial charge on any atom is 0.408 e. The number of carboxylic acid groups (broad SMARTS) is 1. The average molecular weight is 319 g/mol. The average Bonchev–Trinajstić information content (AvgIpc) is 2.29. The highest BCUT2D eigenvalue weighted by molar-refractivity contribution is 5.80. The fourth-order valence-corrected chi connectivity index (χ4v) is 1.36. The number of aliphatic carboxylic acids is 1. The van der Waals surface area contributed by atoms with E-state index in [2.05, 4.69) is 10.6 Å². The van der Waals surface area contributed by atoms with Crippen molar-refractivity contribution in [2.75, 3.05) is 6.54 Å². The van der Waals surface area contributed by atoms with E-state index in [1.165, 1.54) is 0 Å². The molecule has 0 aliphatic carbocycles. The molecule has 11 heteroatoms. The predicted molar refractivity (Wildman–Crippen MR) is 75.9 cm³/mol. The minimum Gasteiger partial charge on any atom is -0.480 e. The Hall–Kier alpha value is -2.59. The lowest BCUT2D eigenvalue weighted by Gasteiger charge is -2.22. The molecule has 0 aromatic rings. The van der Waals surface area contributed by atoms with Crippen molar-refractivity contribution >= 4 is 18.0 Å². The number of nitrogens with one attached hydrogen (secondary N) is 4. The van der Waals surface area contributed by atoms with Gasteiger partial charge in [0.25, 0.3) is 5.96 Å². The molecule has 0 aromatic carbocycles. The van der Waals surface area contributed by atoms with Gasteiger partial charge in [0.05, 0.1) is 0 Å². The van der Waals surface area contributed by atoms with Gasteiger partial charge in [-0.05, 0) is 33.6 Å². The number of carbonyl (C=O) groups excluding carboxylic acids is 1. The zero-order chi connectivity index (χ0) is 17.3. The Kier molecular flexibility index (Phi) is 7.63. The lowest BCUT2D eigenvalue weighted by Crippen LogP contribution is -2.44. The number of nitrogens with zero attached hydrogens (tertiary/aromatic N) is 1. The summed E-state index contributed by atoms with van der Waals surface area (Å²) < 4.78 is 4.96. The number of guanidine groups is 1. The Bertz CT molecular complexity index is 433. The number of ether oxygens (including phenoxy) is 1. The molecule has 0 rings (SSSR count). The second-order valence-corrected chi connectivity index (χ2v) is 5.35. The summed E-state index contributed by atoms with van der Waals surface area (Å²) in [5.74, 6) is -1.72. The zero-order valence-electron chi connectivity index (χ0n) is 12.6. The second-order valence-electron chi connectivity index (χ2n) is 5.35. The molecule has 1 atom stereocenters. The molecule has 11 nitrogen and oxygen atoms in total. The molecule has 0 aliphatic heterocycles. The molecular weight excluding hydrogens is 298 g/mol. The first-order valence-corrected chi connectivity index (χ1v) is 6.47. The predicted octanol–water partition coefficient (Wildman–Crippen LogP) is 0.0502. The first kappa shape index (κ1) is 19.4. The minimum absolute atomic E-state index is 0.0767. The Morgan fingerprint density at radius 3 is 2.45 bits per heavy atom.